The van der Waals surface area contributed by atoms with Crippen molar-refractivity contribution in [1.29, 1.82) is 0 Å². The van der Waals surface area contributed by atoms with Gasteiger partial charge >= 0.3 is 0 Å². The topological polar surface area (TPSA) is 73.2 Å². The number of para-hydroxylation sites is 1. The highest BCUT2D eigenvalue weighted by Crippen LogP contribution is 2.26. The number of amides is 1. The van der Waals surface area contributed by atoms with Crippen molar-refractivity contribution in [3.05, 3.63) is 76.3 Å². The number of carbonyl (C=O) groups is 1. The zero-order valence-electron chi connectivity index (χ0n) is 14.2. The van der Waals surface area contributed by atoms with Gasteiger partial charge in [-0.2, -0.15) is 0 Å². The van der Waals surface area contributed by atoms with Crippen LogP contribution in [0, 0.1) is 0 Å². The molecule has 132 valence electrons. The molecule has 0 radical (unpaired) electrons. The molecule has 0 saturated heterocycles. The SMILES string of the molecule is O=C(Cn1cnc2ccccc2c1=O)NC[C@H]1OCCc2ccccc21. The van der Waals surface area contributed by atoms with Gasteiger partial charge in [-0.25, -0.2) is 4.98 Å². The molecule has 1 amide bonds. The smallest absolute Gasteiger partial charge is 0.261 e. The number of nitrogens with one attached hydrogen (secondary N) is 1. The molecule has 0 aliphatic carbocycles. The van der Waals surface area contributed by atoms with E-state index in [2.05, 4.69) is 16.4 Å². The molecule has 0 fully saturated rings. The summed E-state index contributed by atoms with van der Waals surface area (Å²) in [7, 11) is 0. The van der Waals surface area contributed by atoms with Crippen LogP contribution in [0.1, 0.15) is 17.2 Å². The molecule has 1 aromatic heterocycles. The Balaban J connectivity index is 1.44. The summed E-state index contributed by atoms with van der Waals surface area (Å²) in [5.41, 5.74) is 2.78. The molecule has 6 nitrogen and oxygen atoms in total. The second-order valence-corrected chi connectivity index (χ2v) is 6.31. The minimum absolute atomic E-state index is 0.0644. The summed E-state index contributed by atoms with van der Waals surface area (Å²) in [6.07, 6.45) is 2.14. The van der Waals surface area contributed by atoms with E-state index in [1.54, 1.807) is 18.2 Å². The van der Waals surface area contributed by atoms with Crippen LogP contribution in [-0.4, -0.2) is 28.6 Å². The first-order chi connectivity index (χ1) is 12.7. The summed E-state index contributed by atoms with van der Waals surface area (Å²) in [4.78, 5) is 29.0. The highest BCUT2D eigenvalue weighted by molar-refractivity contribution is 5.78. The first-order valence-corrected chi connectivity index (χ1v) is 8.62. The Labute approximate surface area is 150 Å². The molecular weight excluding hydrogens is 330 g/mol. The molecule has 2 heterocycles. The third-order valence-corrected chi connectivity index (χ3v) is 4.62. The van der Waals surface area contributed by atoms with Gasteiger partial charge in [-0.1, -0.05) is 36.4 Å². The molecule has 1 aliphatic rings. The highest BCUT2D eigenvalue weighted by Gasteiger charge is 2.21. The van der Waals surface area contributed by atoms with Crippen LogP contribution < -0.4 is 10.9 Å². The third-order valence-electron chi connectivity index (χ3n) is 4.62. The Morgan fingerprint density at radius 1 is 1.19 bits per heavy atom. The minimum Gasteiger partial charge on any atom is -0.371 e. The number of aromatic nitrogens is 2. The van der Waals surface area contributed by atoms with Crippen molar-refractivity contribution >= 4 is 16.8 Å². The largest absolute Gasteiger partial charge is 0.371 e. The molecule has 0 spiro atoms. The van der Waals surface area contributed by atoms with E-state index in [1.807, 2.05) is 24.3 Å². The van der Waals surface area contributed by atoms with Crippen LogP contribution in [0.3, 0.4) is 0 Å². The number of rotatable bonds is 4. The van der Waals surface area contributed by atoms with E-state index < -0.39 is 0 Å². The van der Waals surface area contributed by atoms with Crippen LogP contribution >= 0.6 is 0 Å². The molecule has 0 unspecified atom stereocenters. The number of nitrogens with zero attached hydrogens (tertiary/aromatic N) is 2. The van der Waals surface area contributed by atoms with E-state index in [9.17, 15) is 9.59 Å². The Kier molecular flexibility index (Phi) is 4.50. The number of carbonyl (C=O) groups excluding carboxylic acids is 1. The number of ether oxygens (including phenoxy) is 1. The van der Waals surface area contributed by atoms with Gasteiger partial charge in [-0.3, -0.25) is 14.2 Å². The van der Waals surface area contributed by atoms with Crippen molar-refractivity contribution in [1.82, 2.24) is 14.9 Å². The monoisotopic (exact) mass is 349 g/mol. The standard InChI is InChI=1S/C20H19N3O3/c24-19(12-23-13-22-17-8-4-3-7-16(17)20(23)25)21-11-18-15-6-2-1-5-14(15)9-10-26-18/h1-8,13,18H,9-12H2,(H,21,24)/t18-/m1/s1. The average molecular weight is 349 g/mol. The summed E-state index contributed by atoms with van der Waals surface area (Å²) in [5.74, 6) is -0.240. The summed E-state index contributed by atoms with van der Waals surface area (Å²) in [6, 6.07) is 15.2. The van der Waals surface area contributed by atoms with E-state index in [0.717, 1.165) is 12.0 Å². The second-order valence-electron chi connectivity index (χ2n) is 6.31. The van der Waals surface area contributed by atoms with E-state index in [1.165, 1.54) is 16.5 Å². The zero-order valence-corrected chi connectivity index (χ0v) is 14.2. The Hall–Kier alpha value is -2.99. The lowest BCUT2D eigenvalue weighted by molar-refractivity contribution is -0.122. The van der Waals surface area contributed by atoms with Gasteiger partial charge in [0.1, 0.15) is 12.6 Å². The zero-order chi connectivity index (χ0) is 17.9. The Morgan fingerprint density at radius 3 is 2.92 bits per heavy atom. The fourth-order valence-corrected chi connectivity index (χ4v) is 3.28. The highest BCUT2D eigenvalue weighted by atomic mass is 16.5. The summed E-state index contributed by atoms with van der Waals surface area (Å²) in [5, 5.41) is 3.37. The summed E-state index contributed by atoms with van der Waals surface area (Å²) in [6.45, 7) is 0.961. The summed E-state index contributed by atoms with van der Waals surface area (Å²) < 4.78 is 7.12. The van der Waals surface area contributed by atoms with Crippen molar-refractivity contribution in [3.63, 3.8) is 0 Å². The molecule has 2 aromatic carbocycles. The maximum atomic E-state index is 12.5. The van der Waals surface area contributed by atoms with Crippen LogP contribution in [-0.2, 0) is 22.5 Å². The molecule has 1 atom stereocenters. The summed E-state index contributed by atoms with van der Waals surface area (Å²) >= 11 is 0. The van der Waals surface area contributed by atoms with Crippen molar-refractivity contribution in [3.8, 4) is 0 Å². The minimum atomic E-state index is -0.240. The molecule has 0 bridgehead atoms. The van der Waals surface area contributed by atoms with E-state index in [-0.39, 0.29) is 24.1 Å². The van der Waals surface area contributed by atoms with Crippen molar-refractivity contribution < 1.29 is 9.53 Å². The van der Waals surface area contributed by atoms with Crippen molar-refractivity contribution in [2.75, 3.05) is 13.2 Å². The number of fused-ring (bicyclic) bond motifs is 2. The van der Waals surface area contributed by atoms with Gasteiger partial charge in [0.05, 0.1) is 23.8 Å². The number of hydrogen-bond acceptors (Lipinski definition) is 4. The van der Waals surface area contributed by atoms with Crippen molar-refractivity contribution in [2.24, 2.45) is 0 Å². The molecule has 6 heteroatoms. The lowest BCUT2D eigenvalue weighted by Gasteiger charge is -2.26. The molecule has 4 rings (SSSR count). The van der Waals surface area contributed by atoms with Crippen LogP contribution in [0.2, 0.25) is 0 Å². The molecular formula is C20H19N3O3. The van der Waals surface area contributed by atoms with E-state index in [0.29, 0.717) is 24.1 Å². The first-order valence-electron chi connectivity index (χ1n) is 8.62. The molecule has 3 aromatic rings. The van der Waals surface area contributed by atoms with Crippen LogP contribution in [0.4, 0.5) is 0 Å². The van der Waals surface area contributed by atoms with Crippen molar-refractivity contribution in [2.45, 2.75) is 19.1 Å². The number of benzene rings is 2. The van der Waals surface area contributed by atoms with Gasteiger partial charge in [-0.15, -0.1) is 0 Å². The fraction of sp³-hybridized carbons (Fsp3) is 0.250. The molecule has 1 N–H and O–H groups in total. The van der Waals surface area contributed by atoms with E-state index in [4.69, 9.17) is 4.74 Å². The van der Waals surface area contributed by atoms with Gasteiger partial charge in [0.15, 0.2) is 0 Å². The second kappa shape index (κ2) is 7.09. The predicted molar refractivity (Wildman–Crippen MR) is 97.9 cm³/mol. The average Bonchev–Trinajstić information content (AvgIpc) is 2.69. The molecule has 1 aliphatic heterocycles. The Morgan fingerprint density at radius 2 is 2.00 bits per heavy atom. The third kappa shape index (κ3) is 3.23. The number of hydrogen-bond donors (Lipinski definition) is 1. The lowest BCUT2D eigenvalue weighted by atomic mass is 9.97. The maximum Gasteiger partial charge on any atom is 0.261 e. The maximum absolute atomic E-state index is 12.5. The molecule has 26 heavy (non-hydrogen) atoms. The molecule has 0 saturated carbocycles. The first kappa shape index (κ1) is 16.5. The quantitative estimate of drug-likeness (QED) is 0.780. The van der Waals surface area contributed by atoms with Crippen LogP contribution in [0.5, 0.6) is 0 Å². The predicted octanol–water partition coefficient (Wildman–Crippen LogP) is 1.83. The van der Waals surface area contributed by atoms with Gasteiger partial charge in [-0.05, 0) is 29.7 Å². The van der Waals surface area contributed by atoms with Crippen LogP contribution in [0.25, 0.3) is 10.9 Å². The van der Waals surface area contributed by atoms with E-state index >= 15 is 0 Å². The fourth-order valence-electron chi connectivity index (χ4n) is 3.28. The van der Waals surface area contributed by atoms with Gasteiger partial charge in [0.25, 0.3) is 5.56 Å². The van der Waals surface area contributed by atoms with Gasteiger partial charge in [0, 0.05) is 6.54 Å². The van der Waals surface area contributed by atoms with Crippen LogP contribution in [0.15, 0.2) is 59.7 Å². The normalized spacial score (nSPS) is 16.2. The lowest BCUT2D eigenvalue weighted by Crippen LogP contribution is -2.36. The van der Waals surface area contributed by atoms with Gasteiger partial charge in [0.2, 0.25) is 5.91 Å². The van der Waals surface area contributed by atoms with Gasteiger partial charge < -0.3 is 10.1 Å². The Bertz CT molecular complexity index is 1010.